The zero-order chi connectivity index (χ0) is 14.8. The third kappa shape index (κ3) is 3.89. The standard InChI is InChI=1S/C11H15ClF2N2O3S/c12-20(17,18)10-5-16(8-3-1-2-4-8)15-9(10)6-19-7-11(13)14/h5,8,11H,1-4,6-7H2. The second-order valence-electron chi connectivity index (χ2n) is 4.70. The lowest BCUT2D eigenvalue weighted by atomic mass is 10.3. The molecule has 0 unspecified atom stereocenters. The van der Waals surface area contributed by atoms with E-state index in [0.29, 0.717) is 0 Å². The molecule has 1 aromatic heterocycles. The molecule has 2 rings (SSSR count). The normalized spacial score (nSPS) is 17.2. The van der Waals surface area contributed by atoms with E-state index >= 15 is 0 Å². The number of hydrogen-bond donors (Lipinski definition) is 0. The Bertz CT molecular complexity index is 556. The highest BCUT2D eigenvalue weighted by molar-refractivity contribution is 8.13. The third-order valence-electron chi connectivity index (χ3n) is 3.21. The van der Waals surface area contributed by atoms with Gasteiger partial charge in [-0.15, -0.1) is 0 Å². The summed E-state index contributed by atoms with van der Waals surface area (Å²) >= 11 is 0. The van der Waals surface area contributed by atoms with Crippen LogP contribution in [0.1, 0.15) is 37.4 Å². The van der Waals surface area contributed by atoms with Gasteiger partial charge in [-0.2, -0.15) is 5.10 Å². The van der Waals surface area contributed by atoms with Gasteiger partial charge in [0.25, 0.3) is 15.5 Å². The van der Waals surface area contributed by atoms with E-state index < -0.39 is 22.1 Å². The average molecular weight is 329 g/mol. The summed E-state index contributed by atoms with van der Waals surface area (Å²) in [7, 11) is 1.37. The van der Waals surface area contributed by atoms with E-state index in [2.05, 4.69) is 5.10 Å². The first kappa shape index (κ1) is 15.7. The fraction of sp³-hybridized carbons (Fsp3) is 0.727. The van der Waals surface area contributed by atoms with E-state index in [1.807, 2.05) is 0 Å². The first-order valence-electron chi connectivity index (χ1n) is 6.26. The van der Waals surface area contributed by atoms with Crippen LogP contribution in [0.3, 0.4) is 0 Å². The molecule has 0 atom stereocenters. The summed E-state index contributed by atoms with van der Waals surface area (Å²) in [5.74, 6) is 0. The van der Waals surface area contributed by atoms with Gasteiger partial charge in [-0.25, -0.2) is 17.2 Å². The van der Waals surface area contributed by atoms with Crippen molar-refractivity contribution >= 4 is 19.7 Å². The molecule has 1 fully saturated rings. The van der Waals surface area contributed by atoms with Crippen LogP contribution in [0.25, 0.3) is 0 Å². The van der Waals surface area contributed by atoms with Crippen molar-refractivity contribution in [2.45, 2.75) is 49.7 Å². The van der Waals surface area contributed by atoms with E-state index in [-0.39, 0.29) is 23.2 Å². The molecule has 0 bridgehead atoms. The van der Waals surface area contributed by atoms with Crippen molar-refractivity contribution in [1.82, 2.24) is 9.78 Å². The molecule has 1 aliphatic carbocycles. The molecule has 0 saturated heterocycles. The highest BCUT2D eigenvalue weighted by Gasteiger charge is 2.25. The van der Waals surface area contributed by atoms with Crippen molar-refractivity contribution in [3.8, 4) is 0 Å². The highest BCUT2D eigenvalue weighted by Crippen LogP contribution is 2.31. The quantitative estimate of drug-likeness (QED) is 0.753. The van der Waals surface area contributed by atoms with Crippen LogP contribution in [-0.2, 0) is 20.4 Å². The molecule has 1 aliphatic rings. The number of alkyl halides is 2. The zero-order valence-electron chi connectivity index (χ0n) is 10.6. The molecule has 9 heteroatoms. The van der Waals surface area contributed by atoms with Gasteiger partial charge in [0.15, 0.2) is 0 Å². The monoisotopic (exact) mass is 328 g/mol. The molecular weight excluding hydrogens is 314 g/mol. The van der Waals surface area contributed by atoms with Gasteiger partial charge in [-0.3, -0.25) is 4.68 Å². The summed E-state index contributed by atoms with van der Waals surface area (Å²) in [5, 5.41) is 4.14. The van der Waals surface area contributed by atoms with Gasteiger partial charge in [0.2, 0.25) is 0 Å². The van der Waals surface area contributed by atoms with E-state index in [0.717, 1.165) is 25.7 Å². The Kier molecular flexibility index (Phi) is 4.98. The lowest BCUT2D eigenvalue weighted by molar-refractivity contribution is 0.00799. The molecule has 20 heavy (non-hydrogen) atoms. The Labute approximate surface area is 120 Å². The lowest BCUT2D eigenvalue weighted by Gasteiger charge is -2.08. The first-order chi connectivity index (χ1) is 9.38. The molecule has 5 nitrogen and oxygen atoms in total. The predicted octanol–water partition coefficient (Wildman–Crippen LogP) is 2.71. The molecule has 114 valence electrons. The van der Waals surface area contributed by atoms with Gasteiger partial charge in [-0.05, 0) is 12.8 Å². The molecule has 0 radical (unpaired) electrons. The molecular formula is C11H15ClF2N2O3S. The molecule has 0 aromatic carbocycles. The Morgan fingerprint density at radius 1 is 1.45 bits per heavy atom. The summed E-state index contributed by atoms with van der Waals surface area (Å²) < 4.78 is 53.3. The minimum atomic E-state index is -3.97. The van der Waals surface area contributed by atoms with Crippen molar-refractivity contribution in [3.05, 3.63) is 11.9 Å². The molecule has 0 spiro atoms. The molecule has 1 heterocycles. The number of ether oxygens (including phenoxy) is 1. The molecule has 0 aliphatic heterocycles. The van der Waals surface area contributed by atoms with Gasteiger partial charge >= 0.3 is 0 Å². The van der Waals surface area contributed by atoms with Gasteiger partial charge in [0.1, 0.15) is 17.2 Å². The number of hydrogen-bond acceptors (Lipinski definition) is 4. The van der Waals surface area contributed by atoms with Crippen LogP contribution < -0.4 is 0 Å². The van der Waals surface area contributed by atoms with Crippen LogP contribution in [0.2, 0.25) is 0 Å². The summed E-state index contributed by atoms with van der Waals surface area (Å²) in [4.78, 5) is -0.166. The Hall–Kier alpha value is -0.730. The number of halogens is 3. The number of aromatic nitrogens is 2. The van der Waals surface area contributed by atoms with E-state index in [1.54, 1.807) is 4.68 Å². The Balaban J connectivity index is 2.19. The smallest absolute Gasteiger partial charge is 0.264 e. The van der Waals surface area contributed by atoms with E-state index in [9.17, 15) is 17.2 Å². The van der Waals surface area contributed by atoms with Gasteiger partial charge in [0.05, 0.1) is 12.6 Å². The topological polar surface area (TPSA) is 61.2 Å². The molecule has 0 N–H and O–H groups in total. The zero-order valence-corrected chi connectivity index (χ0v) is 12.2. The van der Waals surface area contributed by atoms with Crippen LogP contribution >= 0.6 is 10.7 Å². The van der Waals surface area contributed by atoms with E-state index in [1.165, 1.54) is 6.20 Å². The van der Waals surface area contributed by atoms with Crippen molar-refractivity contribution < 1.29 is 21.9 Å². The summed E-state index contributed by atoms with van der Waals surface area (Å²) in [6, 6.07) is 0.135. The number of nitrogens with zero attached hydrogens (tertiary/aromatic N) is 2. The lowest BCUT2D eigenvalue weighted by Crippen LogP contribution is -2.08. The second-order valence-corrected chi connectivity index (χ2v) is 7.24. The second kappa shape index (κ2) is 6.36. The maximum absolute atomic E-state index is 12.0. The van der Waals surface area contributed by atoms with E-state index in [4.69, 9.17) is 15.4 Å². The fourth-order valence-electron chi connectivity index (χ4n) is 2.32. The molecule has 0 amide bonds. The SMILES string of the molecule is O=S(=O)(Cl)c1cn(C2CCCC2)nc1COCC(F)F. The predicted molar refractivity (Wildman–Crippen MR) is 68.4 cm³/mol. The van der Waals surface area contributed by atoms with Crippen molar-refractivity contribution in [2.24, 2.45) is 0 Å². The van der Waals surface area contributed by atoms with Crippen LogP contribution in [0.15, 0.2) is 11.1 Å². The molecule has 1 saturated carbocycles. The van der Waals surface area contributed by atoms with Gasteiger partial charge in [-0.1, -0.05) is 12.8 Å². The fourth-order valence-corrected chi connectivity index (χ4v) is 3.32. The van der Waals surface area contributed by atoms with Crippen LogP contribution in [0, 0.1) is 0 Å². The summed E-state index contributed by atoms with van der Waals surface area (Å²) in [6.45, 7) is -1.07. The number of rotatable bonds is 6. The largest absolute Gasteiger partial charge is 0.369 e. The van der Waals surface area contributed by atoms with Crippen LogP contribution in [0.5, 0.6) is 0 Å². The maximum Gasteiger partial charge on any atom is 0.264 e. The van der Waals surface area contributed by atoms with Crippen LogP contribution in [-0.4, -0.2) is 31.2 Å². The van der Waals surface area contributed by atoms with Crippen LogP contribution in [0.4, 0.5) is 8.78 Å². The third-order valence-corrected chi connectivity index (χ3v) is 4.58. The van der Waals surface area contributed by atoms with Crippen molar-refractivity contribution in [3.63, 3.8) is 0 Å². The average Bonchev–Trinajstić information content (AvgIpc) is 2.94. The minimum absolute atomic E-state index is 0.0764. The maximum atomic E-state index is 12.0. The summed E-state index contributed by atoms with van der Waals surface area (Å²) in [6.07, 6.45) is 2.71. The summed E-state index contributed by atoms with van der Waals surface area (Å²) in [5.41, 5.74) is 0.0764. The molecule has 1 aromatic rings. The Morgan fingerprint density at radius 2 is 2.10 bits per heavy atom. The van der Waals surface area contributed by atoms with Crippen molar-refractivity contribution in [1.29, 1.82) is 0 Å². The highest BCUT2D eigenvalue weighted by atomic mass is 35.7. The van der Waals surface area contributed by atoms with Crippen molar-refractivity contribution in [2.75, 3.05) is 6.61 Å². The van der Waals surface area contributed by atoms with Gasteiger partial charge in [0, 0.05) is 16.9 Å². The minimum Gasteiger partial charge on any atom is -0.369 e. The van der Waals surface area contributed by atoms with Gasteiger partial charge < -0.3 is 4.74 Å². The first-order valence-corrected chi connectivity index (χ1v) is 8.57. The Morgan fingerprint density at radius 3 is 2.65 bits per heavy atom.